The first kappa shape index (κ1) is 35.1. The van der Waals surface area contributed by atoms with E-state index in [1.807, 2.05) is 74.5 Å². The number of aliphatic hydroxyl groups is 1. The summed E-state index contributed by atoms with van der Waals surface area (Å²) in [7, 11) is 1.58. The highest BCUT2D eigenvalue weighted by molar-refractivity contribution is 6.05. The van der Waals surface area contributed by atoms with E-state index in [0.717, 1.165) is 11.1 Å². The quantitative estimate of drug-likeness (QED) is 0.240. The zero-order chi connectivity index (χ0) is 35.6. The lowest BCUT2D eigenvalue weighted by Gasteiger charge is -2.39. The highest BCUT2D eigenvalue weighted by atomic mass is 16.5. The smallest absolute Gasteiger partial charge is 0.253 e. The molecule has 3 heterocycles. The van der Waals surface area contributed by atoms with Crippen molar-refractivity contribution in [1.82, 2.24) is 9.80 Å². The van der Waals surface area contributed by atoms with E-state index in [2.05, 4.69) is 13.2 Å². The normalized spacial score (nSPS) is 27.0. The lowest BCUT2D eigenvalue weighted by Crippen LogP contribution is -2.59. The van der Waals surface area contributed by atoms with Gasteiger partial charge in [-0.3, -0.25) is 14.4 Å². The Morgan fingerprint density at radius 2 is 1.60 bits per heavy atom. The summed E-state index contributed by atoms with van der Waals surface area (Å²) >= 11 is 0. The van der Waals surface area contributed by atoms with Crippen LogP contribution in [-0.4, -0.2) is 82.7 Å². The number of rotatable bonds is 14. The molecule has 9 heteroatoms. The fraction of sp³-hybridized carbons (Fsp3) is 0.390. The van der Waals surface area contributed by atoms with Crippen LogP contribution in [0.5, 0.6) is 5.75 Å². The first-order valence-electron chi connectivity index (χ1n) is 17.3. The Kier molecular flexibility index (Phi) is 10.0. The third kappa shape index (κ3) is 5.92. The number of nitrogens with zero attached hydrogens (tertiary/aromatic N) is 3. The van der Waals surface area contributed by atoms with Gasteiger partial charge in [0, 0.05) is 25.3 Å². The summed E-state index contributed by atoms with van der Waals surface area (Å²) in [4.78, 5) is 50.0. The van der Waals surface area contributed by atoms with E-state index in [1.54, 1.807) is 58.2 Å². The maximum Gasteiger partial charge on any atom is 0.253 e. The highest BCUT2D eigenvalue weighted by Crippen LogP contribution is 2.66. The van der Waals surface area contributed by atoms with Crippen LogP contribution in [0.1, 0.15) is 31.4 Å². The number of hydrogen-bond donors (Lipinski definition) is 1. The van der Waals surface area contributed by atoms with E-state index in [-0.39, 0.29) is 43.3 Å². The maximum atomic E-state index is 15.2. The fourth-order valence-corrected chi connectivity index (χ4v) is 8.61. The van der Waals surface area contributed by atoms with E-state index < -0.39 is 35.1 Å². The van der Waals surface area contributed by atoms with E-state index in [1.165, 1.54) is 0 Å². The summed E-state index contributed by atoms with van der Waals surface area (Å²) in [5, 5.41) is 10.9. The second kappa shape index (κ2) is 14.2. The molecule has 0 aliphatic carbocycles. The number of likely N-dealkylation sites (tertiary alicyclic amines) is 1. The summed E-state index contributed by atoms with van der Waals surface area (Å²) < 4.78 is 12.4. The zero-order valence-corrected chi connectivity index (χ0v) is 29.1. The molecule has 2 bridgehead atoms. The van der Waals surface area contributed by atoms with Gasteiger partial charge in [-0.25, -0.2) is 0 Å². The Labute approximate surface area is 294 Å². The van der Waals surface area contributed by atoms with Gasteiger partial charge in [0.25, 0.3) is 5.91 Å². The largest absolute Gasteiger partial charge is 0.497 e. The van der Waals surface area contributed by atoms with Gasteiger partial charge in [0.05, 0.1) is 37.2 Å². The molecule has 262 valence electrons. The Bertz CT molecular complexity index is 1720. The zero-order valence-electron chi connectivity index (χ0n) is 29.1. The molecular weight excluding hydrogens is 630 g/mol. The molecule has 0 saturated carbocycles. The number of methoxy groups -OCH3 is 1. The minimum Gasteiger partial charge on any atom is -0.497 e. The molecule has 3 amide bonds. The average Bonchev–Trinajstić information content (AvgIpc) is 3.65. The van der Waals surface area contributed by atoms with Crippen molar-refractivity contribution in [2.24, 2.45) is 17.8 Å². The molecule has 50 heavy (non-hydrogen) atoms. The topological polar surface area (TPSA) is 99.6 Å². The second-order valence-electron chi connectivity index (χ2n) is 13.9. The van der Waals surface area contributed by atoms with E-state index in [9.17, 15) is 9.90 Å². The molecule has 6 rings (SSSR count). The molecule has 3 aliphatic heterocycles. The number of fused-ring (bicyclic) bond motifs is 1. The van der Waals surface area contributed by atoms with Crippen molar-refractivity contribution in [1.29, 1.82) is 0 Å². The van der Waals surface area contributed by atoms with Crippen LogP contribution in [0.25, 0.3) is 0 Å². The van der Waals surface area contributed by atoms with E-state index in [0.29, 0.717) is 30.8 Å². The predicted octanol–water partition coefficient (Wildman–Crippen LogP) is 5.04. The van der Waals surface area contributed by atoms with Crippen LogP contribution in [0, 0.1) is 17.8 Å². The molecule has 1 spiro atoms. The minimum absolute atomic E-state index is 0.145. The van der Waals surface area contributed by atoms with E-state index >= 15 is 9.59 Å². The van der Waals surface area contributed by atoms with Crippen molar-refractivity contribution in [2.75, 3.05) is 31.7 Å². The maximum absolute atomic E-state index is 15.2. The van der Waals surface area contributed by atoms with Crippen LogP contribution < -0.4 is 9.64 Å². The molecule has 3 unspecified atom stereocenters. The Morgan fingerprint density at radius 3 is 2.18 bits per heavy atom. The summed E-state index contributed by atoms with van der Waals surface area (Å²) in [5.41, 5.74) is 0.165. The standard InChI is InChI=1S/C41H47N3O6/c1-6-22-42(26-30-16-12-9-13-17-30)37(46)34-35-38(47)44(32(27-45)24-29-14-10-8-11-15-29)36(41(35)25-28(3)40(34,4)50-41)39(48)43(23-7-2)31-18-20-33(49-5)21-19-31/h6-21,28,32,34-36,45H,1-2,22-27H2,3-5H3/t28?,32-,34+,35+,36?,40-,41?/m1/s1. The molecular formula is C41H47N3O6. The van der Waals surface area contributed by atoms with Gasteiger partial charge in [-0.2, -0.15) is 0 Å². The van der Waals surface area contributed by atoms with Gasteiger partial charge in [-0.05, 0) is 61.1 Å². The molecule has 3 aliphatic rings. The minimum atomic E-state index is -1.30. The monoisotopic (exact) mass is 677 g/mol. The number of benzene rings is 3. The Balaban J connectivity index is 1.47. The van der Waals surface area contributed by atoms with Gasteiger partial charge in [0.2, 0.25) is 11.8 Å². The number of carbonyl (C=O) groups is 3. The Hall–Kier alpha value is -4.73. The van der Waals surface area contributed by atoms with Gasteiger partial charge in [-0.1, -0.05) is 79.7 Å². The van der Waals surface area contributed by atoms with Crippen molar-refractivity contribution < 1.29 is 29.0 Å². The van der Waals surface area contributed by atoms with Crippen LogP contribution >= 0.6 is 0 Å². The lowest BCUT2D eigenvalue weighted by molar-refractivity contribution is -0.154. The van der Waals surface area contributed by atoms with Crippen molar-refractivity contribution in [3.63, 3.8) is 0 Å². The third-order valence-corrected chi connectivity index (χ3v) is 11.0. The lowest BCUT2D eigenvalue weighted by atomic mass is 9.62. The van der Waals surface area contributed by atoms with Crippen LogP contribution in [0.2, 0.25) is 0 Å². The van der Waals surface area contributed by atoms with Crippen LogP contribution in [0.15, 0.2) is 110 Å². The molecule has 3 fully saturated rings. The number of carbonyl (C=O) groups excluding carboxylic acids is 3. The number of ether oxygens (including phenoxy) is 2. The van der Waals surface area contributed by atoms with E-state index in [4.69, 9.17) is 9.47 Å². The molecule has 3 aromatic rings. The predicted molar refractivity (Wildman–Crippen MR) is 192 cm³/mol. The van der Waals surface area contributed by atoms with Gasteiger partial charge >= 0.3 is 0 Å². The number of hydrogen-bond acceptors (Lipinski definition) is 6. The van der Waals surface area contributed by atoms with Gasteiger partial charge < -0.3 is 29.3 Å². The molecule has 7 atom stereocenters. The van der Waals surface area contributed by atoms with Gasteiger partial charge in [-0.15, -0.1) is 13.2 Å². The van der Waals surface area contributed by atoms with Crippen molar-refractivity contribution in [3.05, 3.63) is 121 Å². The van der Waals surface area contributed by atoms with Gasteiger partial charge in [0.1, 0.15) is 17.4 Å². The SMILES string of the molecule is C=CCN(Cc1ccccc1)C(=O)[C@@H]1[C@H]2C(=O)N([C@@H](CO)Cc3ccccc3)C(C(=O)N(CC=C)c3ccc(OC)cc3)C23CC(C)[C@@]1(C)O3. The molecule has 9 nitrogen and oxygen atoms in total. The highest BCUT2D eigenvalue weighted by Gasteiger charge is 2.80. The third-order valence-electron chi connectivity index (χ3n) is 11.0. The molecule has 0 aromatic heterocycles. The van der Waals surface area contributed by atoms with Crippen LogP contribution in [0.3, 0.4) is 0 Å². The second-order valence-corrected chi connectivity index (χ2v) is 13.9. The molecule has 3 saturated heterocycles. The molecule has 1 N–H and O–H groups in total. The first-order chi connectivity index (χ1) is 24.1. The summed E-state index contributed by atoms with van der Waals surface area (Å²) in [6.07, 6.45) is 4.06. The van der Waals surface area contributed by atoms with Crippen LogP contribution in [0.4, 0.5) is 5.69 Å². The Morgan fingerprint density at radius 1 is 0.980 bits per heavy atom. The van der Waals surface area contributed by atoms with Crippen LogP contribution in [-0.2, 0) is 32.1 Å². The fourth-order valence-electron chi connectivity index (χ4n) is 8.61. The van der Waals surface area contributed by atoms with Crippen molar-refractivity contribution in [3.8, 4) is 5.75 Å². The first-order valence-corrected chi connectivity index (χ1v) is 17.3. The summed E-state index contributed by atoms with van der Waals surface area (Å²) in [5.74, 6) is -2.20. The molecule has 0 radical (unpaired) electrons. The number of amides is 3. The average molecular weight is 678 g/mol. The van der Waals surface area contributed by atoms with Gasteiger partial charge in [0.15, 0.2) is 0 Å². The summed E-state index contributed by atoms with van der Waals surface area (Å²) in [6, 6.07) is 24.6. The number of anilines is 1. The number of aliphatic hydroxyl groups excluding tert-OH is 1. The van der Waals surface area contributed by atoms with Crippen molar-refractivity contribution in [2.45, 2.75) is 56.5 Å². The summed E-state index contributed by atoms with van der Waals surface area (Å²) in [6.45, 7) is 12.2. The van der Waals surface area contributed by atoms with Crippen molar-refractivity contribution >= 4 is 23.4 Å². The molecule has 3 aromatic carbocycles.